The fraction of sp³-hybridized carbons (Fsp3) is 0.333. The van der Waals surface area contributed by atoms with Crippen molar-refractivity contribution < 1.29 is 4.74 Å². The number of hydrogen-bond donors (Lipinski definition) is 0. The first kappa shape index (κ1) is 11.1. The Labute approximate surface area is 110 Å². The summed E-state index contributed by atoms with van der Waals surface area (Å²) < 4.78 is 6.96. The second-order valence-corrected chi connectivity index (χ2v) is 5.68. The first-order valence-electron chi connectivity index (χ1n) is 6.13. The van der Waals surface area contributed by atoms with Gasteiger partial charge in [-0.15, -0.1) is 0 Å². The maximum absolute atomic E-state index is 5.84. The minimum atomic E-state index is 0.788. The van der Waals surface area contributed by atoms with Gasteiger partial charge in [0.1, 0.15) is 5.75 Å². The van der Waals surface area contributed by atoms with Crippen LogP contribution in [0, 0.1) is 5.92 Å². The smallest absolute Gasteiger partial charge is 0.119 e. The van der Waals surface area contributed by atoms with E-state index in [0.29, 0.717) is 0 Å². The third-order valence-corrected chi connectivity index (χ3v) is 3.98. The van der Waals surface area contributed by atoms with Crippen molar-refractivity contribution in [3.8, 4) is 5.75 Å². The summed E-state index contributed by atoms with van der Waals surface area (Å²) >= 11 is 3.49. The Bertz CT molecular complexity index is 531. The van der Waals surface area contributed by atoms with E-state index in [4.69, 9.17) is 4.74 Å². The van der Waals surface area contributed by atoms with E-state index in [1.165, 1.54) is 30.0 Å². The molecule has 1 aliphatic carbocycles. The van der Waals surface area contributed by atoms with Gasteiger partial charge in [0.2, 0.25) is 0 Å². The lowest BCUT2D eigenvalue weighted by Gasteiger charge is -2.25. The van der Waals surface area contributed by atoms with Crippen molar-refractivity contribution in [2.45, 2.75) is 19.3 Å². The van der Waals surface area contributed by atoms with Crippen molar-refractivity contribution in [1.29, 1.82) is 0 Å². The van der Waals surface area contributed by atoms with E-state index in [1.54, 1.807) is 0 Å². The highest BCUT2D eigenvalue weighted by Crippen LogP contribution is 2.28. The predicted octanol–water partition coefficient (Wildman–Crippen LogP) is 4.78. The van der Waals surface area contributed by atoms with E-state index in [2.05, 4.69) is 52.3 Å². The van der Waals surface area contributed by atoms with Crippen molar-refractivity contribution in [2.75, 3.05) is 6.61 Å². The quantitative estimate of drug-likeness (QED) is 0.790. The SMILES string of the molecule is Brc1ccc2cc(OCC3CCC3)ccc2c1. The summed E-state index contributed by atoms with van der Waals surface area (Å²) in [6, 6.07) is 12.6. The summed E-state index contributed by atoms with van der Waals surface area (Å²) in [5.41, 5.74) is 0. The van der Waals surface area contributed by atoms with Crippen molar-refractivity contribution in [3.05, 3.63) is 40.9 Å². The third-order valence-electron chi connectivity index (χ3n) is 3.48. The molecule has 2 aromatic carbocycles. The Morgan fingerprint density at radius 3 is 2.59 bits per heavy atom. The number of hydrogen-bond acceptors (Lipinski definition) is 1. The first-order chi connectivity index (χ1) is 8.31. The number of ether oxygens (including phenoxy) is 1. The number of benzene rings is 2. The third kappa shape index (κ3) is 2.47. The van der Waals surface area contributed by atoms with Gasteiger partial charge in [-0.2, -0.15) is 0 Å². The average molecular weight is 291 g/mol. The second-order valence-electron chi connectivity index (χ2n) is 4.76. The molecule has 0 atom stereocenters. The molecule has 0 unspecified atom stereocenters. The minimum absolute atomic E-state index is 0.788. The molecule has 0 aromatic heterocycles. The van der Waals surface area contributed by atoms with Crippen LogP contribution in [0.25, 0.3) is 10.8 Å². The van der Waals surface area contributed by atoms with Gasteiger partial charge in [0.05, 0.1) is 6.61 Å². The molecule has 0 bridgehead atoms. The van der Waals surface area contributed by atoms with Crippen LogP contribution in [-0.4, -0.2) is 6.61 Å². The van der Waals surface area contributed by atoms with Crippen molar-refractivity contribution in [2.24, 2.45) is 5.92 Å². The van der Waals surface area contributed by atoms with Gasteiger partial charge in [-0.1, -0.05) is 34.5 Å². The van der Waals surface area contributed by atoms with Gasteiger partial charge < -0.3 is 4.74 Å². The molecule has 0 radical (unpaired) electrons. The molecule has 0 spiro atoms. The van der Waals surface area contributed by atoms with E-state index in [9.17, 15) is 0 Å². The first-order valence-corrected chi connectivity index (χ1v) is 6.93. The van der Waals surface area contributed by atoms with Crippen LogP contribution in [0.1, 0.15) is 19.3 Å². The van der Waals surface area contributed by atoms with Gasteiger partial charge in [-0.25, -0.2) is 0 Å². The van der Waals surface area contributed by atoms with Crippen LogP contribution in [0.3, 0.4) is 0 Å². The topological polar surface area (TPSA) is 9.23 Å². The van der Waals surface area contributed by atoms with Crippen molar-refractivity contribution >= 4 is 26.7 Å². The standard InChI is InChI=1S/C15H15BrO/c16-14-6-4-13-9-15(7-5-12(13)8-14)17-10-11-2-1-3-11/h4-9,11H,1-3,10H2. The second kappa shape index (κ2) is 4.69. The highest BCUT2D eigenvalue weighted by atomic mass is 79.9. The molecule has 2 heteroatoms. The number of fused-ring (bicyclic) bond motifs is 1. The fourth-order valence-electron chi connectivity index (χ4n) is 2.16. The Hall–Kier alpha value is -1.02. The van der Waals surface area contributed by atoms with Crippen LogP contribution in [-0.2, 0) is 0 Å². The van der Waals surface area contributed by atoms with Gasteiger partial charge in [-0.3, -0.25) is 0 Å². The molecule has 1 fully saturated rings. The summed E-state index contributed by atoms with van der Waals surface area (Å²) in [6.07, 6.45) is 4.04. The fourth-order valence-corrected chi connectivity index (χ4v) is 2.54. The average Bonchev–Trinajstić information content (AvgIpc) is 2.27. The summed E-state index contributed by atoms with van der Waals surface area (Å²) in [4.78, 5) is 0. The van der Waals surface area contributed by atoms with Crippen LogP contribution in [0.5, 0.6) is 5.75 Å². The zero-order chi connectivity index (χ0) is 11.7. The van der Waals surface area contributed by atoms with Crippen LogP contribution < -0.4 is 4.74 Å². The maximum atomic E-state index is 5.84. The molecular formula is C15H15BrO. The molecule has 0 aliphatic heterocycles. The van der Waals surface area contributed by atoms with E-state index in [0.717, 1.165) is 22.7 Å². The molecule has 1 aliphatic rings. The van der Waals surface area contributed by atoms with Gasteiger partial charge in [0.15, 0.2) is 0 Å². The Balaban J connectivity index is 1.78. The summed E-state index contributed by atoms with van der Waals surface area (Å²) in [5.74, 6) is 1.78. The van der Waals surface area contributed by atoms with E-state index in [1.807, 2.05) is 0 Å². The largest absolute Gasteiger partial charge is 0.493 e. The predicted molar refractivity (Wildman–Crippen MR) is 74.5 cm³/mol. The zero-order valence-corrected chi connectivity index (χ0v) is 11.2. The molecule has 0 amide bonds. The molecule has 1 nitrogen and oxygen atoms in total. The Morgan fingerprint density at radius 2 is 1.82 bits per heavy atom. The lowest BCUT2D eigenvalue weighted by Crippen LogP contribution is -2.19. The number of halogens is 1. The van der Waals surface area contributed by atoms with Gasteiger partial charge in [0.25, 0.3) is 0 Å². The molecule has 17 heavy (non-hydrogen) atoms. The van der Waals surface area contributed by atoms with E-state index in [-0.39, 0.29) is 0 Å². The molecule has 0 N–H and O–H groups in total. The van der Waals surface area contributed by atoms with Gasteiger partial charge in [-0.05, 0) is 53.8 Å². The van der Waals surface area contributed by atoms with Crippen LogP contribution in [0.2, 0.25) is 0 Å². The Kier molecular flexibility index (Phi) is 3.06. The highest BCUT2D eigenvalue weighted by Gasteiger charge is 2.17. The molecular weight excluding hydrogens is 276 g/mol. The molecule has 2 aromatic rings. The maximum Gasteiger partial charge on any atom is 0.119 e. The van der Waals surface area contributed by atoms with E-state index >= 15 is 0 Å². The molecule has 0 saturated heterocycles. The number of rotatable bonds is 3. The lowest BCUT2D eigenvalue weighted by molar-refractivity contribution is 0.181. The minimum Gasteiger partial charge on any atom is -0.493 e. The molecule has 1 saturated carbocycles. The van der Waals surface area contributed by atoms with E-state index < -0.39 is 0 Å². The van der Waals surface area contributed by atoms with Gasteiger partial charge >= 0.3 is 0 Å². The normalized spacial score (nSPS) is 15.8. The monoisotopic (exact) mass is 290 g/mol. The van der Waals surface area contributed by atoms with Crippen LogP contribution >= 0.6 is 15.9 Å². The van der Waals surface area contributed by atoms with Crippen molar-refractivity contribution in [1.82, 2.24) is 0 Å². The molecule has 0 heterocycles. The van der Waals surface area contributed by atoms with Crippen molar-refractivity contribution in [3.63, 3.8) is 0 Å². The van der Waals surface area contributed by atoms with Gasteiger partial charge in [0, 0.05) is 4.47 Å². The Morgan fingerprint density at radius 1 is 1.06 bits per heavy atom. The molecule has 3 rings (SSSR count). The molecule has 88 valence electrons. The summed E-state index contributed by atoms with van der Waals surface area (Å²) in [5, 5.41) is 2.48. The summed E-state index contributed by atoms with van der Waals surface area (Å²) in [6.45, 7) is 0.877. The van der Waals surface area contributed by atoms with Crippen LogP contribution in [0.15, 0.2) is 40.9 Å². The van der Waals surface area contributed by atoms with Crippen LogP contribution in [0.4, 0.5) is 0 Å². The zero-order valence-electron chi connectivity index (χ0n) is 9.66. The lowest BCUT2D eigenvalue weighted by atomic mass is 9.86. The summed E-state index contributed by atoms with van der Waals surface area (Å²) in [7, 11) is 0. The highest BCUT2D eigenvalue weighted by molar-refractivity contribution is 9.10.